The highest BCUT2D eigenvalue weighted by Gasteiger charge is 2.17. The van der Waals surface area contributed by atoms with E-state index in [9.17, 15) is 5.26 Å². The maximum atomic E-state index is 10.3. The third-order valence-corrected chi connectivity index (χ3v) is 5.49. The van der Waals surface area contributed by atoms with Gasteiger partial charge in [-0.2, -0.15) is 5.26 Å². The van der Waals surface area contributed by atoms with Crippen molar-refractivity contribution in [1.82, 2.24) is 9.97 Å². The van der Waals surface area contributed by atoms with Crippen LogP contribution in [-0.2, 0) is 0 Å². The predicted molar refractivity (Wildman–Crippen MR) is 128 cm³/mol. The molecule has 3 aromatic carbocycles. The predicted octanol–water partition coefficient (Wildman–Crippen LogP) is 7.02. The van der Waals surface area contributed by atoms with Crippen molar-refractivity contribution in [1.29, 1.82) is 5.26 Å². The highest BCUT2D eigenvalue weighted by Crippen LogP contribution is 2.39. The van der Waals surface area contributed by atoms with E-state index >= 15 is 0 Å². The fourth-order valence-corrected chi connectivity index (χ4v) is 4.05. The number of benzene rings is 3. The fraction of sp³-hybridized carbons (Fsp3) is 0. The summed E-state index contributed by atoms with van der Waals surface area (Å²) in [6, 6.07) is 36.4. The van der Waals surface area contributed by atoms with Gasteiger partial charge in [0.25, 0.3) is 0 Å². The van der Waals surface area contributed by atoms with Crippen LogP contribution < -0.4 is 0 Å². The quantitative estimate of drug-likeness (QED) is 0.320. The van der Waals surface area contributed by atoms with E-state index in [1.165, 1.54) is 0 Å². The standard InChI is InChI=1S/C29H19N3/c30-20-27-23(21-10-1-3-12-25(21)28-16-5-7-18-31-28)14-9-15-24(27)22-11-2-4-13-26(22)29-17-6-8-19-32-29/h1-19H. The summed E-state index contributed by atoms with van der Waals surface area (Å²) in [5.74, 6) is 0. The highest BCUT2D eigenvalue weighted by atomic mass is 14.7. The molecule has 0 aliphatic rings. The van der Waals surface area contributed by atoms with E-state index in [-0.39, 0.29) is 0 Å². The maximum absolute atomic E-state index is 10.3. The van der Waals surface area contributed by atoms with Crippen LogP contribution in [0.2, 0.25) is 0 Å². The Labute approximate surface area is 187 Å². The van der Waals surface area contributed by atoms with Crippen LogP contribution in [-0.4, -0.2) is 9.97 Å². The van der Waals surface area contributed by atoms with Crippen LogP contribution in [0.5, 0.6) is 0 Å². The molecule has 0 aliphatic carbocycles. The topological polar surface area (TPSA) is 49.6 Å². The van der Waals surface area contributed by atoms with E-state index in [0.29, 0.717) is 5.56 Å². The average molecular weight is 409 g/mol. The molecule has 0 N–H and O–H groups in total. The average Bonchev–Trinajstić information content (AvgIpc) is 2.89. The highest BCUT2D eigenvalue weighted by molar-refractivity contribution is 5.92. The Morgan fingerprint density at radius 1 is 0.438 bits per heavy atom. The van der Waals surface area contributed by atoms with Crippen molar-refractivity contribution in [3.63, 3.8) is 0 Å². The first-order valence-corrected chi connectivity index (χ1v) is 10.4. The summed E-state index contributed by atoms with van der Waals surface area (Å²) in [6.45, 7) is 0. The van der Waals surface area contributed by atoms with E-state index < -0.39 is 0 Å². The number of nitrogens with zero attached hydrogens (tertiary/aromatic N) is 3. The first-order chi connectivity index (χ1) is 15.9. The Morgan fingerprint density at radius 3 is 1.25 bits per heavy atom. The fourth-order valence-electron chi connectivity index (χ4n) is 4.05. The third-order valence-electron chi connectivity index (χ3n) is 5.49. The summed E-state index contributed by atoms with van der Waals surface area (Å²) < 4.78 is 0. The molecule has 0 aliphatic heterocycles. The zero-order valence-electron chi connectivity index (χ0n) is 17.3. The van der Waals surface area contributed by atoms with Gasteiger partial charge in [0.15, 0.2) is 0 Å². The Hall–Kier alpha value is -4.55. The smallest absolute Gasteiger partial charge is 0.100 e. The lowest BCUT2D eigenvalue weighted by Crippen LogP contribution is -1.94. The minimum Gasteiger partial charge on any atom is -0.256 e. The van der Waals surface area contributed by atoms with Crippen molar-refractivity contribution >= 4 is 0 Å². The minimum absolute atomic E-state index is 0.638. The monoisotopic (exact) mass is 409 g/mol. The molecule has 0 bridgehead atoms. The second-order valence-electron chi connectivity index (χ2n) is 7.36. The van der Waals surface area contributed by atoms with E-state index in [1.807, 2.05) is 91.0 Å². The van der Waals surface area contributed by atoms with Gasteiger partial charge in [0.1, 0.15) is 6.07 Å². The van der Waals surface area contributed by atoms with Gasteiger partial charge in [-0.25, -0.2) is 0 Å². The number of hydrogen-bond donors (Lipinski definition) is 0. The molecule has 150 valence electrons. The Bertz CT molecular complexity index is 1320. The molecule has 0 atom stereocenters. The molecule has 32 heavy (non-hydrogen) atoms. The molecule has 0 saturated heterocycles. The number of aromatic nitrogens is 2. The molecular formula is C29H19N3. The molecule has 5 aromatic rings. The molecule has 0 unspecified atom stereocenters. The van der Waals surface area contributed by atoms with Gasteiger partial charge in [-0.05, 0) is 35.4 Å². The van der Waals surface area contributed by atoms with E-state index in [2.05, 4.69) is 28.2 Å². The molecule has 3 heteroatoms. The second-order valence-corrected chi connectivity index (χ2v) is 7.36. The van der Waals surface area contributed by atoms with Crippen LogP contribution in [0.15, 0.2) is 116 Å². The van der Waals surface area contributed by atoms with Gasteiger partial charge >= 0.3 is 0 Å². The van der Waals surface area contributed by atoms with Crippen molar-refractivity contribution < 1.29 is 0 Å². The molecule has 0 amide bonds. The zero-order chi connectivity index (χ0) is 21.8. The van der Waals surface area contributed by atoms with Crippen LogP contribution >= 0.6 is 0 Å². The number of nitriles is 1. The summed E-state index contributed by atoms with van der Waals surface area (Å²) in [7, 11) is 0. The lowest BCUT2D eigenvalue weighted by molar-refractivity contribution is 1.32. The Morgan fingerprint density at radius 2 is 0.844 bits per heavy atom. The molecule has 0 radical (unpaired) electrons. The van der Waals surface area contributed by atoms with Gasteiger partial charge in [0, 0.05) is 34.6 Å². The zero-order valence-corrected chi connectivity index (χ0v) is 17.3. The van der Waals surface area contributed by atoms with Crippen LogP contribution in [0.1, 0.15) is 5.56 Å². The molecule has 2 heterocycles. The minimum atomic E-state index is 0.638. The van der Waals surface area contributed by atoms with Crippen molar-refractivity contribution in [3.05, 3.63) is 121 Å². The van der Waals surface area contributed by atoms with Gasteiger partial charge in [-0.15, -0.1) is 0 Å². The Kier molecular flexibility index (Phi) is 5.26. The van der Waals surface area contributed by atoms with E-state index in [1.54, 1.807) is 12.4 Å². The lowest BCUT2D eigenvalue weighted by Gasteiger charge is -2.15. The molecule has 2 aromatic heterocycles. The van der Waals surface area contributed by atoms with Gasteiger partial charge < -0.3 is 0 Å². The van der Waals surface area contributed by atoms with Crippen molar-refractivity contribution in [3.8, 4) is 50.8 Å². The molecule has 5 rings (SSSR count). The third kappa shape index (κ3) is 3.55. The number of rotatable bonds is 4. The van der Waals surface area contributed by atoms with E-state index in [0.717, 1.165) is 44.8 Å². The molecular weight excluding hydrogens is 390 g/mol. The lowest BCUT2D eigenvalue weighted by atomic mass is 9.87. The largest absolute Gasteiger partial charge is 0.256 e. The van der Waals surface area contributed by atoms with Gasteiger partial charge in [0.2, 0.25) is 0 Å². The molecule has 3 nitrogen and oxygen atoms in total. The normalized spacial score (nSPS) is 10.5. The summed E-state index contributed by atoms with van der Waals surface area (Å²) in [5.41, 5.74) is 8.15. The van der Waals surface area contributed by atoms with Crippen molar-refractivity contribution in [2.75, 3.05) is 0 Å². The van der Waals surface area contributed by atoms with Crippen LogP contribution in [0.3, 0.4) is 0 Å². The number of hydrogen-bond acceptors (Lipinski definition) is 3. The summed E-state index contributed by atoms with van der Waals surface area (Å²) >= 11 is 0. The van der Waals surface area contributed by atoms with Gasteiger partial charge in [-0.3, -0.25) is 9.97 Å². The van der Waals surface area contributed by atoms with Crippen LogP contribution in [0.25, 0.3) is 44.8 Å². The van der Waals surface area contributed by atoms with Crippen LogP contribution in [0.4, 0.5) is 0 Å². The maximum Gasteiger partial charge on any atom is 0.100 e. The molecule has 0 fully saturated rings. The number of pyridine rings is 2. The first-order valence-electron chi connectivity index (χ1n) is 10.4. The summed E-state index contributed by atoms with van der Waals surface area (Å²) in [4.78, 5) is 9.07. The first kappa shape index (κ1) is 19.4. The van der Waals surface area contributed by atoms with Crippen molar-refractivity contribution in [2.24, 2.45) is 0 Å². The van der Waals surface area contributed by atoms with Gasteiger partial charge in [0.05, 0.1) is 17.0 Å². The van der Waals surface area contributed by atoms with Gasteiger partial charge in [-0.1, -0.05) is 78.9 Å². The summed E-state index contributed by atoms with van der Waals surface area (Å²) in [5, 5.41) is 10.3. The Balaban J connectivity index is 1.73. The second kappa shape index (κ2) is 8.67. The van der Waals surface area contributed by atoms with E-state index in [4.69, 9.17) is 0 Å². The summed E-state index contributed by atoms with van der Waals surface area (Å²) in [6.07, 6.45) is 3.58. The van der Waals surface area contributed by atoms with Crippen LogP contribution in [0, 0.1) is 11.3 Å². The molecule has 0 saturated carbocycles. The SMILES string of the molecule is N#Cc1c(-c2ccccc2-c2ccccn2)cccc1-c1ccccc1-c1ccccn1. The molecule has 0 spiro atoms. The van der Waals surface area contributed by atoms with Crippen molar-refractivity contribution in [2.45, 2.75) is 0 Å².